The summed E-state index contributed by atoms with van der Waals surface area (Å²) in [4.78, 5) is 9.81. The fourth-order valence-electron chi connectivity index (χ4n) is 0.101. The van der Waals surface area contributed by atoms with Gasteiger partial charge >= 0.3 is 5.97 Å². The molecule has 0 amide bonds. The summed E-state index contributed by atoms with van der Waals surface area (Å²) in [6.07, 6.45) is -0.681. The third-order valence-electron chi connectivity index (χ3n) is 0.701. The number of carboxylic acid groups (broad SMARTS) is 1. The average molecular weight is 243 g/mol. The van der Waals surface area contributed by atoms with Crippen LogP contribution in [0.5, 0.6) is 0 Å². The van der Waals surface area contributed by atoms with Crippen molar-refractivity contribution < 1.29 is 50.2 Å². The van der Waals surface area contributed by atoms with Crippen molar-refractivity contribution in [2.75, 3.05) is 7.11 Å². The SMILES string of the molecule is COC(C)C(=O)O.[La]. The summed E-state index contributed by atoms with van der Waals surface area (Å²) < 4.78 is 4.41. The average Bonchev–Trinajstić information content (AvgIpc) is 1.65. The summed E-state index contributed by atoms with van der Waals surface area (Å²) in [6, 6.07) is 0. The maximum atomic E-state index is 9.81. The zero-order valence-electron chi connectivity index (χ0n) is 4.92. The van der Waals surface area contributed by atoms with Crippen molar-refractivity contribution in [3.05, 3.63) is 0 Å². The molecule has 0 spiro atoms. The Morgan fingerprint density at radius 3 is 2.12 bits per heavy atom. The van der Waals surface area contributed by atoms with Gasteiger partial charge in [0.05, 0.1) is 0 Å². The number of carboxylic acids is 1. The summed E-state index contributed by atoms with van der Waals surface area (Å²) in [7, 11) is 1.36. The number of carbonyl (C=O) groups is 1. The van der Waals surface area contributed by atoms with E-state index in [2.05, 4.69) is 4.74 Å². The molecule has 0 aliphatic rings. The maximum absolute atomic E-state index is 9.81. The van der Waals surface area contributed by atoms with E-state index in [-0.39, 0.29) is 35.6 Å². The smallest absolute Gasteiger partial charge is 0.332 e. The van der Waals surface area contributed by atoms with Gasteiger partial charge in [0.2, 0.25) is 0 Å². The molecule has 0 aliphatic carbocycles. The van der Waals surface area contributed by atoms with Gasteiger partial charge in [0.1, 0.15) is 0 Å². The summed E-state index contributed by atoms with van der Waals surface area (Å²) in [5, 5.41) is 8.06. The van der Waals surface area contributed by atoms with E-state index < -0.39 is 12.1 Å². The molecule has 1 unspecified atom stereocenters. The monoisotopic (exact) mass is 243 g/mol. The van der Waals surface area contributed by atoms with Crippen LogP contribution >= 0.6 is 0 Å². The molecule has 1 N–H and O–H groups in total. The minimum absolute atomic E-state index is 0. The molecule has 1 radical (unpaired) electrons. The molecule has 45 valence electrons. The minimum atomic E-state index is -0.928. The van der Waals surface area contributed by atoms with Gasteiger partial charge in [-0.1, -0.05) is 0 Å². The predicted molar refractivity (Wildman–Crippen MR) is 24.1 cm³/mol. The summed E-state index contributed by atoms with van der Waals surface area (Å²) in [5.41, 5.74) is 0. The van der Waals surface area contributed by atoms with E-state index in [0.29, 0.717) is 0 Å². The van der Waals surface area contributed by atoms with Gasteiger partial charge in [0, 0.05) is 42.7 Å². The van der Waals surface area contributed by atoms with E-state index in [1.54, 1.807) is 0 Å². The van der Waals surface area contributed by atoms with Gasteiger partial charge in [-0.3, -0.25) is 0 Å². The molecule has 0 aromatic rings. The summed E-state index contributed by atoms with van der Waals surface area (Å²) >= 11 is 0. The number of methoxy groups -OCH3 is 1. The van der Waals surface area contributed by atoms with Crippen molar-refractivity contribution in [2.45, 2.75) is 13.0 Å². The van der Waals surface area contributed by atoms with Crippen LogP contribution in [0.3, 0.4) is 0 Å². The molecule has 1 atom stereocenters. The van der Waals surface area contributed by atoms with Crippen LogP contribution in [0.15, 0.2) is 0 Å². The van der Waals surface area contributed by atoms with Crippen molar-refractivity contribution in [2.24, 2.45) is 0 Å². The molecule has 0 fully saturated rings. The Kier molecular flexibility index (Phi) is 8.22. The third kappa shape index (κ3) is 4.78. The first kappa shape index (κ1) is 11.4. The zero-order chi connectivity index (χ0) is 5.86. The van der Waals surface area contributed by atoms with Gasteiger partial charge in [0.25, 0.3) is 0 Å². The molecule has 0 aromatic carbocycles. The van der Waals surface area contributed by atoms with Crippen molar-refractivity contribution in [3.63, 3.8) is 0 Å². The van der Waals surface area contributed by atoms with E-state index in [0.717, 1.165) is 0 Å². The first-order chi connectivity index (χ1) is 3.18. The van der Waals surface area contributed by atoms with Gasteiger partial charge in [-0.15, -0.1) is 0 Å². The minimum Gasteiger partial charge on any atom is -0.479 e. The number of hydrogen-bond donors (Lipinski definition) is 1. The molecule has 0 saturated carbocycles. The van der Waals surface area contributed by atoms with Crippen LogP contribution < -0.4 is 0 Å². The van der Waals surface area contributed by atoms with E-state index >= 15 is 0 Å². The molecular weight excluding hydrogens is 235 g/mol. The van der Waals surface area contributed by atoms with Crippen LogP contribution in [-0.4, -0.2) is 24.3 Å². The maximum Gasteiger partial charge on any atom is 0.332 e. The van der Waals surface area contributed by atoms with Crippen molar-refractivity contribution in [3.8, 4) is 0 Å². The number of rotatable bonds is 2. The van der Waals surface area contributed by atoms with Gasteiger partial charge < -0.3 is 9.84 Å². The van der Waals surface area contributed by atoms with Crippen LogP contribution in [0.4, 0.5) is 0 Å². The Morgan fingerprint density at radius 1 is 1.75 bits per heavy atom. The van der Waals surface area contributed by atoms with E-state index in [1.807, 2.05) is 0 Å². The van der Waals surface area contributed by atoms with Crippen molar-refractivity contribution in [1.29, 1.82) is 0 Å². The van der Waals surface area contributed by atoms with Crippen LogP contribution in [0, 0.1) is 35.6 Å². The molecule has 0 bridgehead atoms. The third-order valence-corrected chi connectivity index (χ3v) is 0.701. The van der Waals surface area contributed by atoms with Gasteiger partial charge in [0.15, 0.2) is 6.10 Å². The van der Waals surface area contributed by atoms with Crippen LogP contribution in [-0.2, 0) is 9.53 Å². The Bertz CT molecular complexity index is 73.7. The number of aliphatic carboxylic acids is 1. The van der Waals surface area contributed by atoms with Crippen LogP contribution in [0.1, 0.15) is 6.92 Å². The fourth-order valence-corrected chi connectivity index (χ4v) is 0.101. The molecule has 8 heavy (non-hydrogen) atoms. The molecule has 0 aliphatic heterocycles. The second-order valence-corrected chi connectivity index (χ2v) is 1.22. The Labute approximate surface area is 76.0 Å². The Balaban J connectivity index is 0. The quantitative estimate of drug-likeness (QED) is 0.748. The second kappa shape index (κ2) is 5.76. The second-order valence-electron chi connectivity index (χ2n) is 1.22. The summed E-state index contributed by atoms with van der Waals surface area (Å²) in [5.74, 6) is -0.928. The fraction of sp³-hybridized carbons (Fsp3) is 0.750. The van der Waals surface area contributed by atoms with E-state index in [1.165, 1.54) is 14.0 Å². The largest absolute Gasteiger partial charge is 0.479 e. The van der Waals surface area contributed by atoms with Crippen molar-refractivity contribution >= 4 is 5.97 Å². The van der Waals surface area contributed by atoms with E-state index in [9.17, 15) is 4.79 Å². The molecule has 0 rings (SSSR count). The Hall–Kier alpha value is 0.625. The zero-order valence-corrected chi connectivity index (χ0v) is 8.54. The number of ether oxygens (including phenoxy) is 1. The molecule has 0 heterocycles. The van der Waals surface area contributed by atoms with E-state index in [4.69, 9.17) is 5.11 Å². The van der Waals surface area contributed by atoms with Gasteiger partial charge in [-0.25, -0.2) is 4.79 Å². The predicted octanol–water partition coefficient (Wildman–Crippen LogP) is 0.106. The topological polar surface area (TPSA) is 46.5 Å². The number of hydrogen-bond acceptors (Lipinski definition) is 2. The molecule has 4 heteroatoms. The Morgan fingerprint density at radius 2 is 2.12 bits per heavy atom. The molecule has 3 nitrogen and oxygen atoms in total. The normalized spacial score (nSPS) is 11.8. The first-order valence-electron chi connectivity index (χ1n) is 1.94. The summed E-state index contributed by atoms with van der Waals surface area (Å²) in [6.45, 7) is 1.47. The first-order valence-corrected chi connectivity index (χ1v) is 1.94. The van der Waals surface area contributed by atoms with Gasteiger partial charge in [-0.05, 0) is 6.92 Å². The van der Waals surface area contributed by atoms with Gasteiger partial charge in [-0.2, -0.15) is 0 Å². The molecular formula is C4H8LaO3. The van der Waals surface area contributed by atoms with Crippen molar-refractivity contribution in [1.82, 2.24) is 0 Å². The molecule has 0 saturated heterocycles. The van der Waals surface area contributed by atoms with Crippen LogP contribution in [0.2, 0.25) is 0 Å². The molecule has 0 aromatic heterocycles. The van der Waals surface area contributed by atoms with Crippen LogP contribution in [0.25, 0.3) is 0 Å². The standard InChI is InChI=1S/C4H8O3.La/c1-3(7-2)4(5)6;/h3H,1-2H3,(H,5,6);.